The van der Waals surface area contributed by atoms with Gasteiger partial charge >= 0.3 is 0 Å². The second-order valence-electron chi connectivity index (χ2n) is 5.04. The molecule has 98 valence electrons. The van der Waals surface area contributed by atoms with Crippen molar-refractivity contribution >= 4 is 0 Å². The molecule has 0 aliphatic carbocycles. The van der Waals surface area contributed by atoms with E-state index in [0.717, 1.165) is 19.8 Å². The van der Waals surface area contributed by atoms with E-state index in [1.54, 1.807) is 0 Å². The summed E-state index contributed by atoms with van der Waals surface area (Å²) in [6.07, 6.45) is 4.99. The highest BCUT2D eigenvalue weighted by Gasteiger charge is 2.25. The fourth-order valence-corrected chi connectivity index (χ4v) is 2.06. The molecule has 0 aliphatic rings. The van der Waals surface area contributed by atoms with Crippen molar-refractivity contribution in [1.82, 2.24) is 5.32 Å². The van der Waals surface area contributed by atoms with Gasteiger partial charge in [0.05, 0.1) is 0 Å². The molecule has 0 unspecified atom stereocenters. The van der Waals surface area contributed by atoms with Crippen LogP contribution in [0.3, 0.4) is 0 Å². The fraction of sp³-hybridized carbons (Fsp3) is 1.00. The Morgan fingerprint density at radius 2 is 1.75 bits per heavy atom. The number of hydrogen-bond acceptors (Lipinski definition) is 2. The monoisotopic (exact) mass is 229 g/mol. The molecule has 0 amide bonds. The quantitative estimate of drug-likeness (QED) is 0.578. The van der Waals surface area contributed by atoms with E-state index in [0.29, 0.717) is 11.5 Å². The highest BCUT2D eigenvalue weighted by atomic mass is 16.5. The van der Waals surface area contributed by atoms with Crippen LogP contribution >= 0.6 is 0 Å². The summed E-state index contributed by atoms with van der Waals surface area (Å²) in [7, 11) is 0. The fourth-order valence-electron chi connectivity index (χ4n) is 2.06. The van der Waals surface area contributed by atoms with Gasteiger partial charge in [0.1, 0.15) is 0 Å². The zero-order chi connectivity index (χ0) is 12.4. The van der Waals surface area contributed by atoms with E-state index in [-0.39, 0.29) is 0 Å². The number of rotatable bonds is 10. The van der Waals surface area contributed by atoms with Crippen molar-refractivity contribution in [2.45, 2.75) is 66.3 Å². The van der Waals surface area contributed by atoms with Crippen molar-refractivity contribution in [3.63, 3.8) is 0 Å². The Balaban J connectivity index is 4.00. The minimum Gasteiger partial charge on any atom is -0.382 e. The maximum absolute atomic E-state index is 5.42. The maximum Gasteiger partial charge on any atom is 0.0466 e. The van der Waals surface area contributed by atoms with Gasteiger partial charge in [-0.05, 0) is 38.0 Å². The Morgan fingerprint density at radius 3 is 2.19 bits per heavy atom. The molecule has 0 radical (unpaired) electrons. The van der Waals surface area contributed by atoms with Gasteiger partial charge in [0.25, 0.3) is 0 Å². The molecule has 0 rings (SSSR count). The first-order valence-corrected chi connectivity index (χ1v) is 6.91. The van der Waals surface area contributed by atoms with Crippen molar-refractivity contribution in [3.05, 3.63) is 0 Å². The lowest BCUT2D eigenvalue weighted by atomic mass is 9.78. The first kappa shape index (κ1) is 15.9. The maximum atomic E-state index is 5.42. The minimum absolute atomic E-state index is 0.474. The normalized spacial score (nSPS) is 12.4. The summed E-state index contributed by atoms with van der Waals surface area (Å²) in [5.41, 5.74) is 0.474. The molecule has 0 aromatic rings. The molecular weight excluding hydrogens is 198 g/mol. The van der Waals surface area contributed by atoms with Crippen LogP contribution in [0.4, 0.5) is 0 Å². The molecule has 0 bridgehead atoms. The Bertz CT molecular complexity index is 153. The van der Waals surface area contributed by atoms with Crippen LogP contribution in [-0.2, 0) is 4.74 Å². The molecule has 16 heavy (non-hydrogen) atoms. The molecule has 0 saturated heterocycles. The zero-order valence-electron chi connectivity index (χ0n) is 11.9. The molecule has 0 aromatic heterocycles. The Morgan fingerprint density at radius 1 is 1.12 bits per heavy atom. The van der Waals surface area contributed by atoms with Crippen molar-refractivity contribution < 1.29 is 4.74 Å². The summed E-state index contributed by atoms with van der Waals surface area (Å²) < 4.78 is 5.42. The topological polar surface area (TPSA) is 21.3 Å². The lowest BCUT2D eigenvalue weighted by Crippen LogP contribution is -2.37. The SMILES string of the molecule is CCOCCCC(CC)(CC)CNC(C)C. The summed E-state index contributed by atoms with van der Waals surface area (Å²) in [5, 5.41) is 3.59. The third kappa shape index (κ3) is 6.49. The van der Waals surface area contributed by atoms with Gasteiger partial charge in [-0.25, -0.2) is 0 Å². The lowest BCUT2D eigenvalue weighted by molar-refractivity contribution is 0.122. The Hall–Kier alpha value is -0.0800. The van der Waals surface area contributed by atoms with Crippen molar-refractivity contribution in [1.29, 1.82) is 0 Å². The van der Waals surface area contributed by atoms with Gasteiger partial charge < -0.3 is 10.1 Å². The van der Waals surface area contributed by atoms with Crippen LogP contribution in [0.2, 0.25) is 0 Å². The van der Waals surface area contributed by atoms with Crippen LogP contribution in [0, 0.1) is 5.41 Å². The summed E-state index contributed by atoms with van der Waals surface area (Å²) in [6.45, 7) is 14.0. The highest BCUT2D eigenvalue weighted by molar-refractivity contribution is 4.79. The number of nitrogens with one attached hydrogen (secondary N) is 1. The van der Waals surface area contributed by atoms with E-state index >= 15 is 0 Å². The van der Waals surface area contributed by atoms with Gasteiger partial charge in [-0.15, -0.1) is 0 Å². The second kappa shape index (κ2) is 9.00. The predicted octanol–water partition coefficient (Wildman–Crippen LogP) is 3.61. The Kier molecular flexibility index (Phi) is 8.96. The average molecular weight is 229 g/mol. The summed E-state index contributed by atoms with van der Waals surface area (Å²) in [6, 6.07) is 0.587. The summed E-state index contributed by atoms with van der Waals surface area (Å²) >= 11 is 0. The second-order valence-corrected chi connectivity index (χ2v) is 5.04. The minimum atomic E-state index is 0.474. The third-order valence-corrected chi connectivity index (χ3v) is 3.59. The van der Waals surface area contributed by atoms with E-state index < -0.39 is 0 Å². The molecule has 2 nitrogen and oxygen atoms in total. The molecule has 0 aliphatic heterocycles. The van der Waals surface area contributed by atoms with Gasteiger partial charge in [0.2, 0.25) is 0 Å². The summed E-state index contributed by atoms with van der Waals surface area (Å²) in [5.74, 6) is 0. The van der Waals surface area contributed by atoms with Crippen molar-refractivity contribution in [2.75, 3.05) is 19.8 Å². The van der Waals surface area contributed by atoms with Crippen LogP contribution in [-0.4, -0.2) is 25.8 Å². The van der Waals surface area contributed by atoms with E-state index in [4.69, 9.17) is 4.74 Å². The third-order valence-electron chi connectivity index (χ3n) is 3.59. The first-order valence-electron chi connectivity index (χ1n) is 6.91. The molecule has 0 atom stereocenters. The first-order chi connectivity index (χ1) is 7.60. The van der Waals surface area contributed by atoms with Crippen molar-refractivity contribution in [2.24, 2.45) is 5.41 Å². The lowest BCUT2D eigenvalue weighted by Gasteiger charge is -2.33. The molecule has 2 heteroatoms. The van der Waals surface area contributed by atoms with Gasteiger partial charge in [0.15, 0.2) is 0 Å². The van der Waals surface area contributed by atoms with Crippen LogP contribution in [0.25, 0.3) is 0 Å². The van der Waals surface area contributed by atoms with E-state index in [2.05, 4.69) is 39.9 Å². The van der Waals surface area contributed by atoms with Crippen LogP contribution in [0.15, 0.2) is 0 Å². The molecule has 0 aromatic carbocycles. The van der Waals surface area contributed by atoms with Crippen LogP contribution < -0.4 is 5.32 Å². The van der Waals surface area contributed by atoms with E-state index in [9.17, 15) is 0 Å². The molecule has 0 fully saturated rings. The zero-order valence-corrected chi connectivity index (χ0v) is 11.9. The summed E-state index contributed by atoms with van der Waals surface area (Å²) in [4.78, 5) is 0. The van der Waals surface area contributed by atoms with Gasteiger partial charge in [0, 0.05) is 25.8 Å². The Labute approximate surface area is 102 Å². The van der Waals surface area contributed by atoms with E-state index in [1.807, 2.05) is 0 Å². The molecular formula is C14H31NO. The van der Waals surface area contributed by atoms with Gasteiger partial charge in [-0.1, -0.05) is 27.7 Å². The average Bonchev–Trinajstić information content (AvgIpc) is 2.29. The van der Waals surface area contributed by atoms with Crippen LogP contribution in [0.5, 0.6) is 0 Å². The smallest absolute Gasteiger partial charge is 0.0466 e. The molecule has 1 N–H and O–H groups in total. The predicted molar refractivity (Wildman–Crippen MR) is 71.9 cm³/mol. The van der Waals surface area contributed by atoms with Crippen molar-refractivity contribution in [3.8, 4) is 0 Å². The standard InChI is InChI=1S/C14H31NO/c1-6-14(7-2,12-15-13(4)5)10-9-11-16-8-3/h13,15H,6-12H2,1-5H3. The molecule has 0 heterocycles. The number of hydrogen-bond donors (Lipinski definition) is 1. The highest BCUT2D eigenvalue weighted by Crippen LogP contribution is 2.31. The molecule has 0 spiro atoms. The van der Waals surface area contributed by atoms with E-state index in [1.165, 1.54) is 25.7 Å². The van der Waals surface area contributed by atoms with Crippen LogP contribution in [0.1, 0.15) is 60.3 Å². The van der Waals surface area contributed by atoms with Gasteiger partial charge in [-0.2, -0.15) is 0 Å². The molecule has 0 saturated carbocycles. The largest absolute Gasteiger partial charge is 0.382 e. The number of ether oxygens (including phenoxy) is 1. The van der Waals surface area contributed by atoms with Gasteiger partial charge in [-0.3, -0.25) is 0 Å².